The quantitative estimate of drug-likeness (QED) is 0.139. The minimum Gasteiger partial charge on any atom is -0.495 e. The van der Waals surface area contributed by atoms with E-state index in [1.807, 2.05) is 130 Å². The predicted octanol–water partition coefficient (Wildman–Crippen LogP) is 11.0. The van der Waals surface area contributed by atoms with Gasteiger partial charge in [-0.3, -0.25) is 9.59 Å². The summed E-state index contributed by atoms with van der Waals surface area (Å²) in [6.07, 6.45) is 16.5. The number of hydrogen-bond acceptors (Lipinski definition) is 8. The maximum atomic E-state index is 13.7. The van der Waals surface area contributed by atoms with Gasteiger partial charge in [-0.2, -0.15) is 0 Å². The second-order valence-corrected chi connectivity index (χ2v) is 19.5. The van der Waals surface area contributed by atoms with Crippen molar-refractivity contribution >= 4 is 24.0 Å². The molecule has 0 bridgehead atoms. The molecule has 0 aliphatic carbocycles. The minimum atomic E-state index is -0.324. The van der Waals surface area contributed by atoms with Gasteiger partial charge in [-0.1, -0.05) is 48.5 Å². The van der Waals surface area contributed by atoms with Gasteiger partial charge in [-0.15, -0.1) is 0 Å². The van der Waals surface area contributed by atoms with Gasteiger partial charge in [0.15, 0.2) is 0 Å². The summed E-state index contributed by atoms with van der Waals surface area (Å²) in [5, 5.41) is 0. The molecule has 0 spiro atoms. The molecule has 6 aromatic rings. The van der Waals surface area contributed by atoms with Crippen LogP contribution < -0.4 is 18.9 Å². The third kappa shape index (κ3) is 9.68. The van der Waals surface area contributed by atoms with Crippen LogP contribution >= 0.6 is 0 Å². The highest BCUT2D eigenvalue weighted by Crippen LogP contribution is 2.46. The average Bonchev–Trinajstić information content (AvgIpc) is 3.97. The number of methoxy groups -OCH3 is 2. The van der Waals surface area contributed by atoms with E-state index in [2.05, 4.69) is 49.8 Å². The van der Waals surface area contributed by atoms with Crippen LogP contribution in [0.25, 0.3) is 23.5 Å². The summed E-state index contributed by atoms with van der Waals surface area (Å²) in [5.74, 6) is 3.46. The molecule has 0 saturated carbocycles. The van der Waals surface area contributed by atoms with Crippen LogP contribution in [0.5, 0.6) is 23.0 Å². The molecule has 68 heavy (non-hydrogen) atoms. The van der Waals surface area contributed by atoms with Crippen LogP contribution in [-0.2, 0) is 9.59 Å². The van der Waals surface area contributed by atoms with E-state index in [-0.39, 0.29) is 35.1 Å². The number of amides is 2. The van der Waals surface area contributed by atoms with Gasteiger partial charge in [0.05, 0.1) is 61.7 Å². The number of likely N-dealkylation sites (tertiary alicyclic amines) is 2. The van der Waals surface area contributed by atoms with Crippen molar-refractivity contribution in [3.05, 3.63) is 155 Å². The monoisotopic (exact) mass is 914 g/mol. The van der Waals surface area contributed by atoms with E-state index >= 15 is 0 Å². The Hall–Kier alpha value is -7.08. The number of hydrogen-bond donors (Lipinski definition) is 0. The summed E-state index contributed by atoms with van der Waals surface area (Å²) in [5.41, 5.74) is 8.85. The van der Waals surface area contributed by atoms with Gasteiger partial charge in [0.25, 0.3) is 0 Å². The van der Waals surface area contributed by atoms with Crippen LogP contribution in [0.4, 0.5) is 0 Å². The molecular formula is C56H62N6O6. The number of fused-ring (bicyclic) bond motifs is 2. The first kappa shape index (κ1) is 46.0. The topological polar surface area (TPSA) is 113 Å². The van der Waals surface area contributed by atoms with Crippen molar-refractivity contribution in [2.24, 2.45) is 0 Å². The van der Waals surface area contributed by atoms with Gasteiger partial charge >= 0.3 is 0 Å². The van der Waals surface area contributed by atoms with E-state index in [4.69, 9.17) is 18.9 Å². The number of carbonyl (C=O) groups excluding carboxylic acids is 2. The molecule has 4 aliphatic heterocycles. The smallest absolute Gasteiger partial charge is 0.250 e. The number of ether oxygens (including phenoxy) is 4. The highest BCUT2D eigenvalue weighted by molar-refractivity contribution is 5.99. The highest BCUT2D eigenvalue weighted by Gasteiger charge is 2.41. The number of para-hydroxylation sites is 2. The highest BCUT2D eigenvalue weighted by atomic mass is 16.5. The summed E-state index contributed by atoms with van der Waals surface area (Å²) >= 11 is 0. The molecule has 0 N–H and O–H groups in total. The normalized spacial score (nSPS) is 20.7. The van der Waals surface area contributed by atoms with Crippen LogP contribution in [0.1, 0.15) is 112 Å². The maximum Gasteiger partial charge on any atom is 0.250 e. The van der Waals surface area contributed by atoms with Gasteiger partial charge in [-0.25, -0.2) is 9.97 Å². The van der Waals surface area contributed by atoms with Crippen molar-refractivity contribution in [3.63, 3.8) is 0 Å². The first-order chi connectivity index (χ1) is 32.7. The molecule has 4 aromatic carbocycles. The van der Waals surface area contributed by atoms with Crippen molar-refractivity contribution in [1.29, 1.82) is 0 Å². The zero-order valence-electron chi connectivity index (χ0n) is 40.5. The Morgan fingerprint density at radius 3 is 1.40 bits per heavy atom. The molecule has 2 saturated heterocycles. The molecule has 2 amide bonds. The number of carbonyl (C=O) groups is 2. The molecule has 12 nitrogen and oxygen atoms in total. The number of rotatable bonds is 8. The fraction of sp³-hybridized carbons (Fsp3) is 0.357. The molecule has 4 aliphatic rings. The van der Waals surface area contributed by atoms with Crippen LogP contribution in [0, 0.1) is 13.8 Å². The van der Waals surface area contributed by atoms with Crippen molar-refractivity contribution in [2.45, 2.75) is 103 Å². The Kier molecular flexibility index (Phi) is 12.8. The van der Waals surface area contributed by atoms with Crippen molar-refractivity contribution in [3.8, 4) is 34.4 Å². The standard InChI is InChI=1S/2C28H31N3O3/c2*1-19-17-30(18-29-19)23-12-11-20(15-26(23)33-4)14-21-8-7-13-31(27(21)32)24-16-28(2,3)34-25-10-6-5-9-22(24)25/h2*5-6,9-12,14-15,17-18,24H,7-8,13,16H2,1-4H3/b2*21-14+/t2*24-/m10/s1. The summed E-state index contributed by atoms with van der Waals surface area (Å²) in [6, 6.07) is 28.3. The molecule has 2 fully saturated rings. The van der Waals surface area contributed by atoms with Gasteiger partial charge in [-0.05, 0) is 127 Å². The second kappa shape index (κ2) is 18.9. The molecule has 10 rings (SSSR count). The Labute approximate surface area is 399 Å². The van der Waals surface area contributed by atoms with E-state index in [1.165, 1.54) is 0 Å². The van der Waals surface area contributed by atoms with E-state index in [0.717, 1.165) is 131 Å². The lowest BCUT2D eigenvalue weighted by molar-refractivity contribution is -0.133. The Morgan fingerprint density at radius 2 is 1.01 bits per heavy atom. The Bertz CT molecular complexity index is 2710. The van der Waals surface area contributed by atoms with Crippen LogP contribution in [-0.4, -0.2) is 79.2 Å². The van der Waals surface area contributed by atoms with Gasteiger partial charge < -0.3 is 37.9 Å². The molecule has 6 heterocycles. The Balaban J connectivity index is 0.000000170. The molecule has 12 heteroatoms. The van der Waals surface area contributed by atoms with E-state index in [9.17, 15) is 9.59 Å². The van der Waals surface area contributed by atoms with Crippen LogP contribution in [0.15, 0.2) is 121 Å². The molecule has 0 unspecified atom stereocenters. The minimum absolute atomic E-state index is 0.0116. The Morgan fingerprint density at radius 1 is 0.603 bits per heavy atom. The fourth-order valence-electron chi connectivity index (χ4n) is 10.1. The molecule has 2 aromatic heterocycles. The van der Waals surface area contributed by atoms with Gasteiger partial charge in [0, 0.05) is 60.6 Å². The average molecular weight is 915 g/mol. The van der Waals surface area contributed by atoms with E-state index in [1.54, 1.807) is 26.9 Å². The molecule has 0 radical (unpaired) electrons. The van der Waals surface area contributed by atoms with Crippen molar-refractivity contribution in [1.82, 2.24) is 28.9 Å². The number of aryl methyl sites for hydroxylation is 2. The molecule has 2 atom stereocenters. The molecule has 352 valence electrons. The summed E-state index contributed by atoms with van der Waals surface area (Å²) in [7, 11) is 3.33. The number of aromatic nitrogens is 4. The summed E-state index contributed by atoms with van der Waals surface area (Å²) in [6.45, 7) is 13.8. The lowest BCUT2D eigenvalue weighted by atomic mass is 9.87. The summed E-state index contributed by atoms with van der Waals surface area (Å²) in [4.78, 5) is 40.0. The lowest BCUT2D eigenvalue weighted by Gasteiger charge is -2.44. The van der Waals surface area contributed by atoms with Crippen molar-refractivity contribution < 1.29 is 28.5 Å². The first-order valence-electron chi connectivity index (χ1n) is 23.7. The van der Waals surface area contributed by atoms with Crippen LogP contribution in [0.2, 0.25) is 0 Å². The number of nitrogens with zero attached hydrogens (tertiary/aromatic N) is 6. The zero-order valence-corrected chi connectivity index (χ0v) is 40.5. The zero-order chi connectivity index (χ0) is 47.7. The third-order valence-electron chi connectivity index (χ3n) is 13.3. The second-order valence-electron chi connectivity index (χ2n) is 19.5. The summed E-state index contributed by atoms with van der Waals surface area (Å²) < 4.78 is 27.6. The number of piperidine rings is 2. The van der Waals surface area contributed by atoms with Crippen molar-refractivity contribution in [2.75, 3.05) is 27.3 Å². The third-order valence-corrected chi connectivity index (χ3v) is 13.3. The van der Waals surface area contributed by atoms with E-state index < -0.39 is 0 Å². The van der Waals surface area contributed by atoms with Crippen LogP contribution in [0.3, 0.4) is 0 Å². The van der Waals surface area contributed by atoms with E-state index in [0.29, 0.717) is 0 Å². The predicted molar refractivity (Wildman–Crippen MR) is 265 cm³/mol. The largest absolute Gasteiger partial charge is 0.495 e. The fourth-order valence-corrected chi connectivity index (χ4v) is 10.1. The van der Waals surface area contributed by atoms with Gasteiger partial charge in [0.2, 0.25) is 11.8 Å². The number of benzene rings is 4. The van der Waals surface area contributed by atoms with Gasteiger partial charge in [0.1, 0.15) is 34.2 Å². The SMILES string of the molecule is COc1cc(/C=C2\CCCN([C@@H]3CC(C)(C)Oc4ccccc43)C2=O)ccc1-n1cnc(C)c1.COc1cc(/C=C2\CCCN([C@H]3CC(C)(C)Oc4ccccc43)C2=O)ccc1-n1cnc(C)c1. The number of imidazole rings is 2. The maximum absolute atomic E-state index is 13.7. The lowest BCUT2D eigenvalue weighted by Crippen LogP contribution is -2.46. The first-order valence-corrected chi connectivity index (χ1v) is 23.7. The molecular weight excluding hydrogens is 853 g/mol.